The zero-order valence-electron chi connectivity index (χ0n) is 18.6. The molecular formula is C21H23Cl2F2N9O. The number of tetrazole rings is 1. The van der Waals surface area contributed by atoms with Crippen LogP contribution >= 0.6 is 24.8 Å². The van der Waals surface area contributed by atoms with Crippen molar-refractivity contribution in [2.45, 2.75) is 18.9 Å². The van der Waals surface area contributed by atoms with Crippen molar-refractivity contribution in [3.05, 3.63) is 48.4 Å². The minimum Gasteiger partial charge on any atom is -0.494 e. The third-order valence-corrected chi connectivity index (χ3v) is 5.72. The molecule has 0 radical (unpaired) electrons. The molecule has 1 aliphatic rings. The molecule has 1 fully saturated rings. The third-order valence-electron chi connectivity index (χ3n) is 5.72. The first-order chi connectivity index (χ1) is 16.1. The van der Waals surface area contributed by atoms with Crippen molar-refractivity contribution >= 4 is 30.6 Å². The zero-order chi connectivity index (χ0) is 22.9. The molecule has 0 saturated carbocycles. The van der Waals surface area contributed by atoms with Crippen LogP contribution in [-0.4, -0.2) is 55.2 Å². The van der Waals surface area contributed by atoms with Crippen LogP contribution in [0.2, 0.25) is 0 Å². The van der Waals surface area contributed by atoms with Gasteiger partial charge in [0.1, 0.15) is 11.5 Å². The van der Waals surface area contributed by atoms with Gasteiger partial charge in [0.15, 0.2) is 17.4 Å². The second-order valence-corrected chi connectivity index (χ2v) is 7.68. The smallest absolute Gasteiger partial charge is 0.202 e. The molecule has 35 heavy (non-hydrogen) atoms. The fourth-order valence-corrected chi connectivity index (χ4v) is 3.93. The van der Waals surface area contributed by atoms with Crippen molar-refractivity contribution in [1.82, 2.24) is 40.3 Å². The predicted molar refractivity (Wildman–Crippen MR) is 130 cm³/mol. The molecule has 0 bridgehead atoms. The number of anilines is 1. The second kappa shape index (κ2) is 10.9. The molecule has 5 rings (SSSR count). The number of piperidine rings is 1. The quantitative estimate of drug-likeness (QED) is 0.407. The molecule has 14 heteroatoms. The van der Waals surface area contributed by atoms with Gasteiger partial charge in [0.05, 0.1) is 24.9 Å². The molecule has 186 valence electrons. The molecule has 1 saturated heterocycles. The summed E-state index contributed by atoms with van der Waals surface area (Å²) in [6, 6.07) is 4.72. The Morgan fingerprint density at radius 1 is 1.09 bits per heavy atom. The van der Waals surface area contributed by atoms with Crippen LogP contribution in [0.1, 0.15) is 18.9 Å². The number of nitrogens with one attached hydrogen (secondary N) is 1. The van der Waals surface area contributed by atoms with Crippen molar-refractivity contribution in [2.75, 3.05) is 25.9 Å². The van der Waals surface area contributed by atoms with Crippen LogP contribution in [0.5, 0.6) is 5.75 Å². The zero-order valence-corrected chi connectivity index (χ0v) is 20.2. The number of pyridine rings is 1. The lowest BCUT2D eigenvalue weighted by atomic mass is 10.1. The summed E-state index contributed by atoms with van der Waals surface area (Å²) in [5.41, 5.74) is 7.90. The van der Waals surface area contributed by atoms with E-state index in [-0.39, 0.29) is 47.9 Å². The Kier molecular flexibility index (Phi) is 8.20. The lowest BCUT2D eigenvalue weighted by molar-refractivity contribution is 0.343. The summed E-state index contributed by atoms with van der Waals surface area (Å²) >= 11 is 0. The Balaban J connectivity index is 0.00000171. The van der Waals surface area contributed by atoms with E-state index in [2.05, 4.69) is 30.9 Å². The van der Waals surface area contributed by atoms with Gasteiger partial charge in [-0.3, -0.25) is 4.68 Å². The third kappa shape index (κ3) is 4.90. The van der Waals surface area contributed by atoms with Crippen LogP contribution in [0, 0.1) is 11.6 Å². The molecule has 0 aliphatic carbocycles. The molecule has 4 heterocycles. The largest absolute Gasteiger partial charge is 0.494 e. The molecule has 0 amide bonds. The number of nitrogens with two attached hydrogens (primary N) is 1. The second-order valence-electron chi connectivity index (χ2n) is 7.68. The van der Waals surface area contributed by atoms with Gasteiger partial charge in [0.2, 0.25) is 5.82 Å². The number of nitrogens with zero attached hydrogens (tertiary/aromatic N) is 7. The van der Waals surface area contributed by atoms with Crippen LogP contribution in [0.25, 0.3) is 28.2 Å². The number of halogens is 4. The fourth-order valence-electron chi connectivity index (χ4n) is 3.93. The molecule has 1 aromatic carbocycles. The van der Waals surface area contributed by atoms with E-state index in [4.69, 9.17) is 10.5 Å². The highest BCUT2D eigenvalue weighted by atomic mass is 35.5. The van der Waals surface area contributed by atoms with Gasteiger partial charge in [-0.05, 0) is 54.6 Å². The monoisotopic (exact) mass is 525 g/mol. The van der Waals surface area contributed by atoms with Gasteiger partial charge in [-0.25, -0.2) is 9.37 Å². The maximum atomic E-state index is 14.7. The number of ether oxygens (including phenoxy) is 1. The van der Waals surface area contributed by atoms with E-state index < -0.39 is 11.6 Å². The van der Waals surface area contributed by atoms with Crippen molar-refractivity contribution in [1.29, 1.82) is 0 Å². The van der Waals surface area contributed by atoms with Gasteiger partial charge in [0.25, 0.3) is 0 Å². The van der Waals surface area contributed by atoms with Crippen molar-refractivity contribution in [3.8, 4) is 34.0 Å². The topological polar surface area (TPSA) is 122 Å². The highest BCUT2D eigenvalue weighted by molar-refractivity contribution is 5.85. The van der Waals surface area contributed by atoms with E-state index in [1.807, 2.05) is 10.9 Å². The van der Waals surface area contributed by atoms with Gasteiger partial charge in [-0.15, -0.1) is 29.9 Å². The molecule has 0 spiro atoms. The number of aromatic nitrogens is 7. The van der Waals surface area contributed by atoms with E-state index >= 15 is 0 Å². The molecular weight excluding hydrogens is 503 g/mol. The number of hydrogen-bond acceptors (Lipinski definition) is 8. The summed E-state index contributed by atoms with van der Waals surface area (Å²) < 4.78 is 36.8. The molecule has 4 aromatic rings. The lowest BCUT2D eigenvalue weighted by Gasteiger charge is -2.22. The average Bonchev–Trinajstić information content (AvgIpc) is 3.52. The summed E-state index contributed by atoms with van der Waals surface area (Å²) in [6.07, 6.45) is 7.37. The SMILES string of the molecule is COc1ccc(-n2nnnc2-c2cc(-c3cnn(C4CCNCC4)c3)cnc2N)c(F)c1F.Cl.Cl. The van der Waals surface area contributed by atoms with E-state index in [0.29, 0.717) is 11.6 Å². The van der Waals surface area contributed by atoms with E-state index in [1.54, 1.807) is 18.5 Å². The van der Waals surface area contributed by atoms with Crippen molar-refractivity contribution < 1.29 is 13.5 Å². The Labute approximate surface area is 211 Å². The number of hydrogen-bond donors (Lipinski definition) is 2. The first kappa shape index (κ1) is 26.3. The van der Waals surface area contributed by atoms with E-state index in [1.165, 1.54) is 19.2 Å². The number of rotatable bonds is 5. The summed E-state index contributed by atoms with van der Waals surface area (Å²) in [5.74, 6) is -2.23. The summed E-state index contributed by atoms with van der Waals surface area (Å²) in [5, 5.41) is 19.3. The van der Waals surface area contributed by atoms with Crippen molar-refractivity contribution in [3.63, 3.8) is 0 Å². The maximum absolute atomic E-state index is 14.7. The van der Waals surface area contributed by atoms with Crippen LogP contribution in [0.4, 0.5) is 14.6 Å². The van der Waals surface area contributed by atoms with Gasteiger partial charge in [0, 0.05) is 23.5 Å². The fraction of sp³-hybridized carbons (Fsp3) is 0.286. The average molecular weight is 526 g/mol. The molecule has 0 unspecified atom stereocenters. The van der Waals surface area contributed by atoms with E-state index in [9.17, 15) is 8.78 Å². The van der Waals surface area contributed by atoms with Gasteiger partial charge in [-0.2, -0.15) is 14.2 Å². The molecule has 3 N–H and O–H groups in total. The Morgan fingerprint density at radius 3 is 2.60 bits per heavy atom. The van der Waals surface area contributed by atoms with Crippen LogP contribution in [0.15, 0.2) is 36.8 Å². The first-order valence-corrected chi connectivity index (χ1v) is 10.4. The summed E-state index contributed by atoms with van der Waals surface area (Å²) in [6.45, 7) is 1.91. The standard InChI is InChI=1S/C21H21F2N9O.2ClH/c1-33-17-3-2-16(18(22)19(17)23)32-21(28-29-30-32)15-8-12(9-26-20(15)24)13-10-27-31(11-13)14-4-6-25-7-5-14;;/h2-3,8-11,14,25H,4-7H2,1H3,(H2,24,26);2*1H. The van der Waals surface area contributed by atoms with Gasteiger partial charge in [-0.1, -0.05) is 0 Å². The number of nitrogen functional groups attached to an aromatic ring is 1. The highest BCUT2D eigenvalue weighted by Crippen LogP contribution is 2.32. The minimum atomic E-state index is -1.14. The van der Waals surface area contributed by atoms with Gasteiger partial charge < -0.3 is 15.8 Å². The number of methoxy groups -OCH3 is 1. The Bertz CT molecular complexity index is 1310. The molecule has 1 aliphatic heterocycles. The highest BCUT2D eigenvalue weighted by Gasteiger charge is 2.22. The van der Waals surface area contributed by atoms with E-state index in [0.717, 1.165) is 41.7 Å². The van der Waals surface area contributed by atoms with Gasteiger partial charge >= 0.3 is 0 Å². The first-order valence-electron chi connectivity index (χ1n) is 10.4. The van der Waals surface area contributed by atoms with Crippen LogP contribution < -0.4 is 15.8 Å². The number of benzene rings is 1. The van der Waals surface area contributed by atoms with Crippen LogP contribution in [-0.2, 0) is 0 Å². The normalized spacial score (nSPS) is 13.7. The lowest BCUT2D eigenvalue weighted by Crippen LogP contribution is -2.29. The molecule has 10 nitrogen and oxygen atoms in total. The molecule has 3 aromatic heterocycles. The summed E-state index contributed by atoms with van der Waals surface area (Å²) in [4.78, 5) is 4.27. The molecule has 0 atom stereocenters. The minimum absolute atomic E-state index is 0. The maximum Gasteiger partial charge on any atom is 0.202 e. The van der Waals surface area contributed by atoms with Crippen LogP contribution in [0.3, 0.4) is 0 Å². The summed E-state index contributed by atoms with van der Waals surface area (Å²) in [7, 11) is 1.26. The Hall–Kier alpha value is -3.35. The van der Waals surface area contributed by atoms with Crippen molar-refractivity contribution in [2.24, 2.45) is 0 Å². The predicted octanol–water partition coefficient (Wildman–Crippen LogP) is 3.22. The Morgan fingerprint density at radius 2 is 1.86 bits per heavy atom.